The fourth-order valence-corrected chi connectivity index (χ4v) is 1.50. The van der Waals surface area contributed by atoms with Gasteiger partial charge in [-0.2, -0.15) is 0 Å². The number of carbonyl (C=O) groups is 1. The first-order valence-corrected chi connectivity index (χ1v) is 4.25. The molecule has 1 amide bonds. The lowest BCUT2D eigenvalue weighted by Crippen LogP contribution is -2.30. The van der Waals surface area contributed by atoms with Crippen LogP contribution in [0.3, 0.4) is 0 Å². The molecule has 0 radical (unpaired) electrons. The summed E-state index contributed by atoms with van der Waals surface area (Å²) >= 11 is 0. The van der Waals surface area contributed by atoms with E-state index in [2.05, 4.69) is 6.92 Å². The minimum Gasteiger partial charge on any atom is -0.341 e. The monoisotopic (exact) mass is 156 g/mol. The van der Waals surface area contributed by atoms with Crippen LogP contribution >= 0.6 is 0 Å². The summed E-state index contributed by atoms with van der Waals surface area (Å²) in [7, 11) is 0. The molecule has 1 saturated heterocycles. The largest absolute Gasteiger partial charge is 0.341 e. The Balaban J connectivity index is 2.38. The predicted octanol–water partition coefficient (Wildman–Crippen LogP) is 0.204. The smallest absolute Gasteiger partial charge is 0.222 e. The van der Waals surface area contributed by atoms with Crippen molar-refractivity contribution in [2.75, 3.05) is 19.6 Å². The van der Waals surface area contributed by atoms with Gasteiger partial charge in [-0.3, -0.25) is 4.79 Å². The van der Waals surface area contributed by atoms with E-state index in [0.29, 0.717) is 12.5 Å². The zero-order valence-corrected chi connectivity index (χ0v) is 7.05. The molecule has 0 aliphatic carbocycles. The SMILES string of the molecule is CCC1CC(=O)N(CCN)C1. The maximum Gasteiger partial charge on any atom is 0.222 e. The van der Waals surface area contributed by atoms with Crippen molar-refractivity contribution < 1.29 is 4.79 Å². The molecule has 3 heteroatoms. The lowest BCUT2D eigenvalue weighted by atomic mass is 10.1. The van der Waals surface area contributed by atoms with Crippen LogP contribution in [0.15, 0.2) is 0 Å². The Labute approximate surface area is 67.5 Å². The number of nitrogens with zero attached hydrogens (tertiary/aromatic N) is 1. The van der Waals surface area contributed by atoms with E-state index in [9.17, 15) is 4.79 Å². The second kappa shape index (κ2) is 3.72. The molecule has 1 aliphatic heterocycles. The van der Waals surface area contributed by atoms with Gasteiger partial charge < -0.3 is 10.6 Å². The van der Waals surface area contributed by atoms with E-state index in [-0.39, 0.29) is 5.91 Å². The van der Waals surface area contributed by atoms with Crippen molar-refractivity contribution in [1.82, 2.24) is 4.90 Å². The third kappa shape index (κ3) is 1.93. The Morgan fingerprint density at radius 2 is 2.45 bits per heavy atom. The molecule has 1 fully saturated rings. The van der Waals surface area contributed by atoms with Crippen LogP contribution in [-0.2, 0) is 4.79 Å². The van der Waals surface area contributed by atoms with Crippen LogP contribution in [0, 0.1) is 5.92 Å². The Hall–Kier alpha value is -0.570. The molecule has 1 atom stereocenters. The lowest BCUT2D eigenvalue weighted by molar-refractivity contribution is -0.127. The maximum absolute atomic E-state index is 11.2. The van der Waals surface area contributed by atoms with E-state index in [1.165, 1.54) is 0 Å². The molecule has 0 aromatic rings. The van der Waals surface area contributed by atoms with Crippen molar-refractivity contribution in [1.29, 1.82) is 0 Å². The van der Waals surface area contributed by atoms with Gasteiger partial charge in [0.2, 0.25) is 5.91 Å². The minimum absolute atomic E-state index is 0.280. The number of carbonyl (C=O) groups excluding carboxylic acids is 1. The number of rotatable bonds is 3. The topological polar surface area (TPSA) is 46.3 Å². The van der Waals surface area contributed by atoms with Gasteiger partial charge in [0.25, 0.3) is 0 Å². The first-order valence-electron chi connectivity index (χ1n) is 4.25. The van der Waals surface area contributed by atoms with Crippen molar-refractivity contribution in [3.05, 3.63) is 0 Å². The number of hydrogen-bond donors (Lipinski definition) is 1. The molecule has 1 aliphatic rings. The second-order valence-corrected chi connectivity index (χ2v) is 3.11. The molecule has 0 aromatic carbocycles. The third-order valence-electron chi connectivity index (χ3n) is 2.27. The van der Waals surface area contributed by atoms with Gasteiger partial charge in [-0.25, -0.2) is 0 Å². The van der Waals surface area contributed by atoms with E-state index in [4.69, 9.17) is 5.73 Å². The van der Waals surface area contributed by atoms with Crippen LogP contribution in [0.1, 0.15) is 19.8 Å². The summed E-state index contributed by atoms with van der Waals surface area (Å²) in [4.78, 5) is 13.1. The summed E-state index contributed by atoms with van der Waals surface area (Å²) in [6.45, 7) is 4.37. The summed E-state index contributed by atoms with van der Waals surface area (Å²) in [6, 6.07) is 0. The highest BCUT2D eigenvalue weighted by molar-refractivity contribution is 5.78. The number of amides is 1. The third-order valence-corrected chi connectivity index (χ3v) is 2.27. The van der Waals surface area contributed by atoms with Gasteiger partial charge in [0, 0.05) is 26.1 Å². The molecule has 1 heterocycles. The standard InChI is InChI=1S/C8H16N2O/c1-2-7-5-8(11)10(6-7)4-3-9/h7H,2-6,9H2,1H3. The van der Waals surface area contributed by atoms with Crippen molar-refractivity contribution in [2.45, 2.75) is 19.8 Å². The predicted molar refractivity (Wildman–Crippen MR) is 44.0 cm³/mol. The van der Waals surface area contributed by atoms with E-state index in [1.807, 2.05) is 4.90 Å². The quantitative estimate of drug-likeness (QED) is 0.634. The molecule has 0 aromatic heterocycles. The van der Waals surface area contributed by atoms with Gasteiger partial charge in [-0.15, -0.1) is 0 Å². The average Bonchev–Trinajstić information content (AvgIpc) is 2.33. The molecular weight excluding hydrogens is 140 g/mol. The van der Waals surface area contributed by atoms with Crippen LogP contribution in [0.25, 0.3) is 0 Å². The Bertz CT molecular complexity index is 147. The van der Waals surface area contributed by atoms with Crippen LogP contribution in [-0.4, -0.2) is 30.4 Å². The number of likely N-dealkylation sites (tertiary alicyclic amines) is 1. The molecule has 1 rings (SSSR count). The summed E-state index contributed by atoms with van der Waals surface area (Å²) in [5.74, 6) is 0.858. The van der Waals surface area contributed by atoms with Crippen LogP contribution < -0.4 is 5.73 Å². The first kappa shape index (κ1) is 8.53. The fourth-order valence-electron chi connectivity index (χ4n) is 1.50. The van der Waals surface area contributed by atoms with E-state index in [0.717, 1.165) is 25.9 Å². The molecule has 0 spiro atoms. The van der Waals surface area contributed by atoms with Crippen LogP contribution in [0.2, 0.25) is 0 Å². The summed E-state index contributed by atoms with van der Waals surface area (Å²) in [5.41, 5.74) is 5.36. The van der Waals surface area contributed by atoms with Crippen LogP contribution in [0.5, 0.6) is 0 Å². The van der Waals surface area contributed by atoms with Gasteiger partial charge in [-0.1, -0.05) is 13.3 Å². The molecule has 64 valence electrons. The van der Waals surface area contributed by atoms with Crippen LogP contribution in [0.4, 0.5) is 0 Å². The van der Waals surface area contributed by atoms with Crippen molar-refractivity contribution in [2.24, 2.45) is 11.7 Å². The highest BCUT2D eigenvalue weighted by Crippen LogP contribution is 2.19. The molecule has 11 heavy (non-hydrogen) atoms. The Kier molecular flexibility index (Phi) is 2.88. The molecule has 3 nitrogen and oxygen atoms in total. The van der Waals surface area contributed by atoms with Gasteiger partial charge in [0.1, 0.15) is 0 Å². The molecule has 0 saturated carbocycles. The molecule has 1 unspecified atom stereocenters. The summed E-state index contributed by atoms with van der Waals surface area (Å²) in [5, 5.41) is 0. The van der Waals surface area contributed by atoms with Crippen molar-refractivity contribution >= 4 is 5.91 Å². The highest BCUT2D eigenvalue weighted by atomic mass is 16.2. The zero-order valence-electron chi connectivity index (χ0n) is 7.05. The van der Waals surface area contributed by atoms with Crippen molar-refractivity contribution in [3.8, 4) is 0 Å². The zero-order chi connectivity index (χ0) is 8.27. The van der Waals surface area contributed by atoms with Gasteiger partial charge in [0.05, 0.1) is 0 Å². The van der Waals surface area contributed by atoms with Gasteiger partial charge in [0.15, 0.2) is 0 Å². The fraction of sp³-hybridized carbons (Fsp3) is 0.875. The average molecular weight is 156 g/mol. The lowest BCUT2D eigenvalue weighted by Gasteiger charge is -2.14. The van der Waals surface area contributed by atoms with E-state index < -0.39 is 0 Å². The van der Waals surface area contributed by atoms with E-state index in [1.54, 1.807) is 0 Å². The first-order chi connectivity index (χ1) is 5.27. The normalized spacial score (nSPS) is 24.7. The molecule has 0 bridgehead atoms. The number of nitrogens with two attached hydrogens (primary N) is 1. The summed E-state index contributed by atoms with van der Waals surface area (Å²) < 4.78 is 0. The van der Waals surface area contributed by atoms with Gasteiger partial charge in [-0.05, 0) is 5.92 Å². The highest BCUT2D eigenvalue weighted by Gasteiger charge is 2.27. The summed E-state index contributed by atoms with van der Waals surface area (Å²) in [6.07, 6.45) is 1.84. The molecule has 2 N–H and O–H groups in total. The Morgan fingerprint density at radius 1 is 1.73 bits per heavy atom. The number of hydrogen-bond acceptors (Lipinski definition) is 2. The second-order valence-electron chi connectivity index (χ2n) is 3.11. The van der Waals surface area contributed by atoms with E-state index >= 15 is 0 Å². The molecular formula is C8H16N2O. The van der Waals surface area contributed by atoms with Gasteiger partial charge >= 0.3 is 0 Å². The van der Waals surface area contributed by atoms with Crippen molar-refractivity contribution in [3.63, 3.8) is 0 Å². The Morgan fingerprint density at radius 3 is 2.91 bits per heavy atom. The maximum atomic E-state index is 11.2. The minimum atomic E-state index is 0.280.